The molecule has 1 heterocycles. The minimum atomic E-state index is -2.94. The number of thioether (sulfide) groups is 1. The molecular weight excluding hydrogens is 174 g/mol. The lowest BCUT2D eigenvalue weighted by Gasteiger charge is -2.06. The SMILES string of the molecule is O=C(O)C12CSCC1C2(F)F. The van der Waals surface area contributed by atoms with Crippen LogP contribution >= 0.6 is 11.8 Å². The van der Waals surface area contributed by atoms with Crippen LogP contribution in [0.5, 0.6) is 0 Å². The predicted octanol–water partition coefficient (Wildman–Crippen LogP) is 1.07. The standard InChI is InChI=1S/C6H6F2O2S/c7-6(8)3-1-11-2-5(3,6)4(9)10/h3H,1-2H2,(H,9,10). The van der Waals surface area contributed by atoms with Crippen LogP contribution in [0.4, 0.5) is 8.78 Å². The molecule has 0 aromatic heterocycles. The van der Waals surface area contributed by atoms with Gasteiger partial charge in [0.25, 0.3) is 5.92 Å². The number of hydrogen-bond donors (Lipinski definition) is 1. The van der Waals surface area contributed by atoms with E-state index in [2.05, 4.69) is 0 Å². The zero-order chi connectivity index (χ0) is 8.28. The minimum absolute atomic E-state index is 0.0694. The van der Waals surface area contributed by atoms with Crippen LogP contribution in [0.1, 0.15) is 0 Å². The third-order valence-corrected chi connectivity index (χ3v) is 3.77. The molecule has 1 N–H and O–H groups in total. The quantitative estimate of drug-likeness (QED) is 0.655. The Bertz CT molecular complexity index is 231. The van der Waals surface area contributed by atoms with E-state index >= 15 is 0 Å². The fourth-order valence-electron chi connectivity index (χ4n) is 1.67. The molecule has 2 aliphatic rings. The summed E-state index contributed by atoms with van der Waals surface area (Å²) in [6.07, 6.45) is 0. The average molecular weight is 180 g/mol. The lowest BCUT2D eigenvalue weighted by atomic mass is 10.1. The summed E-state index contributed by atoms with van der Waals surface area (Å²) in [6, 6.07) is 0. The lowest BCUT2D eigenvalue weighted by Crippen LogP contribution is -2.24. The van der Waals surface area contributed by atoms with Crippen molar-refractivity contribution >= 4 is 17.7 Å². The topological polar surface area (TPSA) is 37.3 Å². The van der Waals surface area contributed by atoms with Gasteiger partial charge in [0, 0.05) is 11.5 Å². The van der Waals surface area contributed by atoms with Gasteiger partial charge >= 0.3 is 5.97 Å². The second kappa shape index (κ2) is 1.71. The first-order valence-corrected chi connectivity index (χ1v) is 4.38. The monoisotopic (exact) mass is 180 g/mol. The fourth-order valence-corrected chi connectivity index (χ4v) is 3.35. The minimum Gasteiger partial charge on any atom is -0.481 e. The molecule has 2 nitrogen and oxygen atoms in total. The van der Waals surface area contributed by atoms with Crippen molar-refractivity contribution in [1.29, 1.82) is 0 Å². The third-order valence-electron chi connectivity index (χ3n) is 2.54. The van der Waals surface area contributed by atoms with Crippen LogP contribution in [0.25, 0.3) is 0 Å². The summed E-state index contributed by atoms with van der Waals surface area (Å²) in [7, 11) is 0. The maximum absolute atomic E-state index is 12.8. The Labute approximate surface area is 66.0 Å². The second-order valence-electron chi connectivity index (χ2n) is 2.97. The molecule has 2 atom stereocenters. The predicted molar refractivity (Wildman–Crippen MR) is 35.8 cm³/mol. The van der Waals surface area contributed by atoms with Crippen molar-refractivity contribution in [2.24, 2.45) is 11.3 Å². The molecule has 2 unspecified atom stereocenters. The van der Waals surface area contributed by atoms with Crippen LogP contribution in [0.15, 0.2) is 0 Å². The molecule has 0 aromatic carbocycles. The molecule has 1 aliphatic heterocycles. The summed E-state index contributed by atoms with van der Waals surface area (Å²) in [4.78, 5) is 10.5. The smallest absolute Gasteiger partial charge is 0.317 e. The Morgan fingerprint density at radius 2 is 2.27 bits per heavy atom. The summed E-state index contributed by atoms with van der Waals surface area (Å²) in [5.74, 6) is -4.82. The molecule has 0 bridgehead atoms. The van der Waals surface area contributed by atoms with E-state index in [0.717, 1.165) is 0 Å². The summed E-state index contributed by atoms with van der Waals surface area (Å²) in [6.45, 7) is 0. The van der Waals surface area contributed by atoms with Crippen molar-refractivity contribution in [2.45, 2.75) is 5.92 Å². The molecule has 0 amide bonds. The molecule has 1 saturated heterocycles. The van der Waals surface area contributed by atoms with E-state index in [0.29, 0.717) is 5.75 Å². The van der Waals surface area contributed by atoms with E-state index in [4.69, 9.17) is 5.11 Å². The molecule has 0 radical (unpaired) electrons. The summed E-state index contributed by atoms with van der Waals surface area (Å²) in [5.41, 5.74) is -1.70. The number of carbonyl (C=O) groups is 1. The first kappa shape index (κ1) is 7.34. The van der Waals surface area contributed by atoms with Gasteiger partial charge in [0.15, 0.2) is 0 Å². The Morgan fingerprint density at radius 3 is 2.55 bits per heavy atom. The molecule has 0 spiro atoms. The van der Waals surface area contributed by atoms with E-state index < -0.39 is 23.2 Å². The first-order chi connectivity index (χ1) is 5.03. The van der Waals surface area contributed by atoms with Crippen LogP contribution in [0.3, 0.4) is 0 Å². The molecule has 2 rings (SSSR count). The van der Waals surface area contributed by atoms with Crippen molar-refractivity contribution in [1.82, 2.24) is 0 Å². The number of alkyl halides is 2. The molecule has 0 aromatic rings. The van der Waals surface area contributed by atoms with Crippen molar-refractivity contribution in [3.63, 3.8) is 0 Å². The Kier molecular flexibility index (Phi) is 1.14. The molecule has 2 fully saturated rings. The number of carboxylic acids is 1. The van der Waals surface area contributed by atoms with Gasteiger partial charge < -0.3 is 5.11 Å². The number of halogens is 2. The second-order valence-corrected chi connectivity index (χ2v) is 4.00. The highest BCUT2D eigenvalue weighted by atomic mass is 32.2. The Hall–Kier alpha value is -0.320. The number of aliphatic carboxylic acids is 1. The normalized spacial score (nSPS) is 45.1. The van der Waals surface area contributed by atoms with Gasteiger partial charge in [-0.3, -0.25) is 4.79 Å². The van der Waals surface area contributed by atoms with E-state index in [-0.39, 0.29) is 5.75 Å². The van der Waals surface area contributed by atoms with Crippen LogP contribution < -0.4 is 0 Å². The van der Waals surface area contributed by atoms with Gasteiger partial charge in [0.05, 0.1) is 5.92 Å². The van der Waals surface area contributed by atoms with Gasteiger partial charge in [0.2, 0.25) is 0 Å². The van der Waals surface area contributed by atoms with Gasteiger partial charge in [0.1, 0.15) is 5.41 Å². The number of hydrogen-bond acceptors (Lipinski definition) is 2. The van der Waals surface area contributed by atoms with Crippen LogP contribution in [0, 0.1) is 11.3 Å². The summed E-state index contributed by atoms with van der Waals surface area (Å²) < 4.78 is 25.5. The van der Waals surface area contributed by atoms with Crippen LogP contribution in [-0.4, -0.2) is 28.5 Å². The Balaban J connectivity index is 2.33. The van der Waals surface area contributed by atoms with E-state index in [1.165, 1.54) is 11.8 Å². The molecule has 1 saturated carbocycles. The largest absolute Gasteiger partial charge is 0.481 e. The zero-order valence-corrected chi connectivity index (χ0v) is 6.33. The van der Waals surface area contributed by atoms with Crippen molar-refractivity contribution in [3.8, 4) is 0 Å². The maximum Gasteiger partial charge on any atom is 0.317 e. The van der Waals surface area contributed by atoms with Crippen molar-refractivity contribution in [3.05, 3.63) is 0 Å². The molecule has 5 heteroatoms. The van der Waals surface area contributed by atoms with Gasteiger partial charge in [-0.15, -0.1) is 0 Å². The highest BCUT2D eigenvalue weighted by Gasteiger charge is 2.86. The van der Waals surface area contributed by atoms with Crippen LogP contribution in [-0.2, 0) is 4.79 Å². The molecular formula is C6H6F2O2S. The van der Waals surface area contributed by atoms with Gasteiger partial charge in [-0.1, -0.05) is 0 Å². The average Bonchev–Trinajstić information content (AvgIpc) is 2.25. The van der Waals surface area contributed by atoms with E-state index in [1.54, 1.807) is 0 Å². The highest BCUT2D eigenvalue weighted by molar-refractivity contribution is 7.99. The van der Waals surface area contributed by atoms with Gasteiger partial charge in [-0.05, 0) is 0 Å². The molecule has 62 valence electrons. The summed E-state index contributed by atoms with van der Waals surface area (Å²) >= 11 is 1.30. The number of rotatable bonds is 1. The summed E-state index contributed by atoms with van der Waals surface area (Å²) in [5, 5.41) is 8.56. The fraction of sp³-hybridized carbons (Fsp3) is 0.833. The van der Waals surface area contributed by atoms with Crippen LogP contribution in [0.2, 0.25) is 0 Å². The third kappa shape index (κ3) is 0.569. The van der Waals surface area contributed by atoms with Crippen molar-refractivity contribution in [2.75, 3.05) is 11.5 Å². The number of fused-ring (bicyclic) bond motifs is 1. The lowest BCUT2D eigenvalue weighted by molar-refractivity contribution is -0.146. The molecule has 1 aliphatic carbocycles. The van der Waals surface area contributed by atoms with Crippen molar-refractivity contribution < 1.29 is 18.7 Å². The van der Waals surface area contributed by atoms with E-state index in [1.807, 2.05) is 0 Å². The first-order valence-electron chi connectivity index (χ1n) is 3.22. The van der Waals surface area contributed by atoms with Gasteiger partial charge in [-0.2, -0.15) is 11.8 Å². The molecule has 11 heavy (non-hydrogen) atoms. The Morgan fingerprint density at radius 1 is 1.64 bits per heavy atom. The zero-order valence-electron chi connectivity index (χ0n) is 5.51. The van der Waals surface area contributed by atoms with E-state index in [9.17, 15) is 13.6 Å². The highest BCUT2D eigenvalue weighted by Crippen LogP contribution is 2.71. The number of carboxylic acid groups (broad SMARTS) is 1. The van der Waals surface area contributed by atoms with Gasteiger partial charge in [-0.25, -0.2) is 8.78 Å². The maximum atomic E-state index is 12.8.